The minimum Gasteiger partial charge on any atom is -0.316 e. The van der Waals surface area contributed by atoms with E-state index in [1.54, 1.807) is 0 Å². The fourth-order valence-electron chi connectivity index (χ4n) is 1.90. The molecule has 1 N–H and O–H groups in total. The van der Waals surface area contributed by atoms with Crippen LogP contribution in [0.25, 0.3) is 0 Å². The Bertz CT molecular complexity index is 279. The first-order valence-corrected chi connectivity index (χ1v) is 5.20. The van der Waals surface area contributed by atoms with Gasteiger partial charge in [0.2, 0.25) is 0 Å². The summed E-state index contributed by atoms with van der Waals surface area (Å²) in [6.07, 6.45) is 2.56. The van der Waals surface area contributed by atoms with Crippen LogP contribution in [0, 0.1) is 0 Å². The summed E-state index contributed by atoms with van der Waals surface area (Å²) >= 11 is 5.94. The summed E-state index contributed by atoms with van der Waals surface area (Å²) < 4.78 is 0. The van der Waals surface area contributed by atoms with Crippen molar-refractivity contribution < 1.29 is 0 Å². The van der Waals surface area contributed by atoms with Gasteiger partial charge in [-0.05, 0) is 43.0 Å². The van der Waals surface area contributed by atoms with E-state index in [1.165, 1.54) is 18.4 Å². The zero-order valence-corrected chi connectivity index (χ0v) is 8.35. The third-order valence-corrected chi connectivity index (χ3v) is 2.85. The fraction of sp³-hybridized carbons (Fsp3) is 0.455. The van der Waals surface area contributed by atoms with Crippen LogP contribution in [0.5, 0.6) is 0 Å². The lowest BCUT2D eigenvalue weighted by atomic mass is 9.92. The molecule has 0 radical (unpaired) electrons. The van der Waals surface area contributed by atoms with Gasteiger partial charge < -0.3 is 5.32 Å². The summed E-state index contributed by atoms with van der Waals surface area (Å²) in [5.74, 6) is 0.660. The lowest BCUT2D eigenvalue weighted by Crippen LogP contribution is -2.28. The number of hydrogen-bond donors (Lipinski definition) is 1. The zero-order chi connectivity index (χ0) is 9.10. The monoisotopic (exact) mass is 195 g/mol. The van der Waals surface area contributed by atoms with Crippen molar-refractivity contribution in [3.8, 4) is 0 Å². The van der Waals surface area contributed by atoms with Crippen LogP contribution >= 0.6 is 11.6 Å². The summed E-state index contributed by atoms with van der Waals surface area (Å²) in [7, 11) is 0. The Morgan fingerprint density at radius 3 is 3.00 bits per heavy atom. The summed E-state index contributed by atoms with van der Waals surface area (Å²) in [6.45, 7) is 2.26. The zero-order valence-electron chi connectivity index (χ0n) is 7.59. The molecule has 0 amide bonds. The van der Waals surface area contributed by atoms with Gasteiger partial charge in [0.1, 0.15) is 0 Å². The van der Waals surface area contributed by atoms with Gasteiger partial charge in [0.25, 0.3) is 0 Å². The Morgan fingerprint density at radius 2 is 2.31 bits per heavy atom. The van der Waals surface area contributed by atoms with E-state index in [1.807, 2.05) is 12.1 Å². The second-order valence-corrected chi connectivity index (χ2v) is 4.03. The molecule has 1 nitrogen and oxygen atoms in total. The Balaban J connectivity index is 2.14. The van der Waals surface area contributed by atoms with E-state index in [9.17, 15) is 0 Å². The predicted octanol–water partition coefficient (Wildman–Crippen LogP) is 2.81. The van der Waals surface area contributed by atoms with Crippen LogP contribution in [-0.2, 0) is 0 Å². The lowest BCUT2D eigenvalue weighted by Gasteiger charge is -2.23. The van der Waals surface area contributed by atoms with Crippen LogP contribution in [0.1, 0.15) is 24.3 Å². The van der Waals surface area contributed by atoms with Gasteiger partial charge in [-0.15, -0.1) is 0 Å². The van der Waals surface area contributed by atoms with E-state index in [0.717, 1.165) is 18.1 Å². The molecule has 2 rings (SSSR count). The van der Waals surface area contributed by atoms with Crippen LogP contribution < -0.4 is 5.32 Å². The Hall–Kier alpha value is -0.530. The molecule has 0 unspecified atom stereocenters. The Labute approximate surface area is 84.1 Å². The van der Waals surface area contributed by atoms with E-state index in [-0.39, 0.29) is 0 Å². The molecule has 0 saturated carbocycles. The minimum absolute atomic E-state index is 0.660. The smallest absolute Gasteiger partial charge is 0.0408 e. The molecule has 1 aliphatic rings. The molecule has 70 valence electrons. The molecule has 0 bridgehead atoms. The first-order valence-electron chi connectivity index (χ1n) is 4.82. The molecule has 0 spiro atoms. The van der Waals surface area contributed by atoms with E-state index in [4.69, 9.17) is 11.6 Å². The van der Waals surface area contributed by atoms with Crippen molar-refractivity contribution in [2.75, 3.05) is 13.1 Å². The van der Waals surface area contributed by atoms with E-state index in [2.05, 4.69) is 17.4 Å². The van der Waals surface area contributed by atoms with Gasteiger partial charge in [0.15, 0.2) is 0 Å². The van der Waals surface area contributed by atoms with Crippen molar-refractivity contribution in [2.24, 2.45) is 0 Å². The van der Waals surface area contributed by atoms with E-state index >= 15 is 0 Å². The van der Waals surface area contributed by atoms with Gasteiger partial charge in [-0.1, -0.05) is 23.7 Å². The van der Waals surface area contributed by atoms with Crippen molar-refractivity contribution in [1.29, 1.82) is 0 Å². The summed E-state index contributed by atoms with van der Waals surface area (Å²) in [4.78, 5) is 0. The maximum absolute atomic E-state index is 5.94. The molecule has 1 aromatic rings. The van der Waals surface area contributed by atoms with Gasteiger partial charge in [-0.2, -0.15) is 0 Å². The first-order chi connectivity index (χ1) is 6.36. The molecule has 1 saturated heterocycles. The molecule has 0 aliphatic carbocycles. The largest absolute Gasteiger partial charge is 0.316 e. The molecule has 1 heterocycles. The van der Waals surface area contributed by atoms with Crippen LogP contribution in [0.15, 0.2) is 24.3 Å². The highest BCUT2D eigenvalue weighted by Gasteiger charge is 2.14. The Morgan fingerprint density at radius 1 is 1.38 bits per heavy atom. The lowest BCUT2D eigenvalue weighted by molar-refractivity contribution is 0.461. The summed E-state index contributed by atoms with van der Waals surface area (Å²) in [5, 5.41) is 4.26. The van der Waals surface area contributed by atoms with Gasteiger partial charge in [0, 0.05) is 11.6 Å². The van der Waals surface area contributed by atoms with Crippen molar-refractivity contribution in [1.82, 2.24) is 5.32 Å². The highest BCUT2D eigenvalue weighted by Crippen LogP contribution is 2.24. The standard InChI is InChI=1S/C11H14ClN/c12-11-5-1-3-9(7-11)10-4-2-6-13-8-10/h1,3,5,7,10,13H,2,4,6,8H2/t10-/m1/s1. The fourth-order valence-corrected chi connectivity index (χ4v) is 2.10. The quantitative estimate of drug-likeness (QED) is 0.727. The molecule has 2 heteroatoms. The predicted molar refractivity (Wildman–Crippen MR) is 56.3 cm³/mol. The number of rotatable bonds is 1. The average molecular weight is 196 g/mol. The third kappa shape index (κ3) is 2.23. The summed E-state index contributed by atoms with van der Waals surface area (Å²) in [6, 6.07) is 8.22. The highest BCUT2D eigenvalue weighted by molar-refractivity contribution is 6.30. The van der Waals surface area contributed by atoms with Crippen LogP contribution in [-0.4, -0.2) is 13.1 Å². The van der Waals surface area contributed by atoms with E-state index in [0.29, 0.717) is 5.92 Å². The van der Waals surface area contributed by atoms with Crippen molar-refractivity contribution in [2.45, 2.75) is 18.8 Å². The van der Waals surface area contributed by atoms with Gasteiger partial charge in [-0.25, -0.2) is 0 Å². The second kappa shape index (κ2) is 4.12. The molecule has 0 aromatic heterocycles. The molecule has 1 fully saturated rings. The number of hydrogen-bond acceptors (Lipinski definition) is 1. The number of halogens is 1. The second-order valence-electron chi connectivity index (χ2n) is 3.60. The molecular formula is C11H14ClN. The SMILES string of the molecule is Clc1cccc([C@@H]2CCCNC2)c1. The van der Waals surface area contributed by atoms with Crippen LogP contribution in [0.4, 0.5) is 0 Å². The van der Waals surface area contributed by atoms with Gasteiger partial charge in [0.05, 0.1) is 0 Å². The molecular weight excluding hydrogens is 182 g/mol. The van der Waals surface area contributed by atoms with Crippen molar-refractivity contribution >= 4 is 11.6 Å². The number of piperidine rings is 1. The average Bonchev–Trinajstić information content (AvgIpc) is 2.19. The molecule has 13 heavy (non-hydrogen) atoms. The van der Waals surface area contributed by atoms with Gasteiger partial charge >= 0.3 is 0 Å². The summed E-state index contributed by atoms with van der Waals surface area (Å²) in [5.41, 5.74) is 1.37. The topological polar surface area (TPSA) is 12.0 Å². The third-order valence-electron chi connectivity index (χ3n) is 2.62. The number of nitrogens with one attached hydrogen (secondary N) is 1. The molecule has 1 atom stereocenters. The van der Waals surface area contributed by atoms with E-state index < -0.39 is 0 Å². The van der Waals surface area contributed by atoms with Crippen molar-refractivity contribution in [3.05, 3.63) is 34.9 Å². The molecule has 1 aliphatic heterocycles. The normalized spacial score (nSPS) is 23.0. The van der Waals surface area contributed by atoms with Crippen LogP contribution in [0.3, 0.4) is 0 Å². The van der Waals surface area contributed by atoms with Crippen molar-refractivity contribution in [3.63, 3.8) is 0 Å². The first kappa shape index (κ1) is 9.04. The number of benzene rings is 1. The maximum atomic E-state index is 5.94. The van der Waals surface area contributed by atoms with Crippen LogP contribution in [0.2, 0.25) is 5.02 Å². The van der Waals surface area contributed by atoms with Gasteiger partial charge in [-0.3, -0.25) is 0 Å². The minimum atomic E-state index is 0.660. The molecule has 1 aromatic carbocycles. The maximum Gasteiger partial charge on any atom is 0.0408 e. The Kier molecular flexibility index (Phi) is 2.87. The highest BCUT2D eigenvalue weighted by atomic mass is 35.5.